The first kappa shape index (κ1) is 8.48. The first-order valence-corrected chi connectivity index (χ1v) is 4.79. The monoisotopic (exact) mass is 178 g/mol. The van der Waals surface area contributed by atoms with Gasteiger partial charge in [0.1, 0.15) is 5.82 Å². The van der Waals surface area contributed by atoms with Crippen molar-refractivity contribution in [1.29, 1.82) is 0 Å². The van der Waals surface area contributed by atoms with Crippen molar-refractivity contribution in [3.8, 4) is 0 Å². The summed E-state index contributed by atoms with van der Waals surface area (Å²) in [6, 6.07) is 0. The van der Waals surface area contributed by atoms with E-state index in [0.717, 1.165) is 18.0 Å². The van der Waals surface area contributed by atoms with E-state index in [2.05, 4.69) is 16.9 Å². The molecular weight excluding hydrogens is 164 g/mol. The summed E-state index contributed by atoms with van der Waals surface area (Å²) in [6.45, 7) is 2.27. The summed E-state index contributed by atoms with van der Waals surface area (Å²) in [5, 5.41) is 0. The van der Waals surface area contributed by atoms with Crippen molar-refractivity contribution in [2.45, 2.75) is 32.1 Å². The Morgan fingerprint density at radius 1 is 1.62 bits per heavy atom. The lowest BCUT2D eigenvalue weighted by Gasteiger charge is -2.04. The molecule has 13 heavy (non-hydrogen) atoms. The fourth-order valence-corrected chi connectivity index (χ4v) is 2.07. The van der Waals surface area contributed by atoms with Gasteiger partial charge in [-0.25, -0.2) is 4.98 Å². The molecule has 0 radical (unpaired) electrons. The Morgan fingerprint density at radius 2 is 2.46 bits per heavy atom. The van der Waals surface area contributed by atoms with Crippen LogP contribution in [0.3, 0.4) is 0 Å². The third-order valence-electron chi connectivity index (χ3n) is 2.82. The normalized spacial score (nSPS) is 27.8. The lowest BCUT2D eigenvalue weighted by Crippen LogP contribution is -1.96. The van der Waals surface area contributed by atoms with Gasteiger partial charge in [-0.3, -0.25) is 4.79 Å². The number of hydrogen-bond donors (Lipinski definition) is 1. The summed E-state index contributed by atoms with van der Waals surface area (Å²) < 4.78 is 0. The Morgan fingerprint density at radius 3 is 3.00 bits per heavy atom. The fraction of sp³-hybridized carbons (Fsp3) is 0.600. The van der Waals surface area contributed by atoms with Crippen LogP contribution in [0.15, 0.2) is 6.20 Å². The molecule has 1 aliphatic rings. The molecule has 2 rings (SSSR count). The largest absolute Gasteiger partial charge is 0.340 e. The fourth-order valence-electron chi connectivity index (χ4n) is 2.07. The van der Waals surface area contributed by atoms with E-state index in [9.17, 15) is 4.79 Å². The molecule has 3 heteroatoms. The van der Waals surface area contributed by atoms with E-state index in [4.69, 9.17) is 0 Å². The van der Waals surface area contributed by atoms with Crippen molar-refractivity contribution in [1.82, 2.24) is 9.97 Å². The summed E-state index contributed by atoms with van der Waals surface area (Å²) in [5.41, 5.74) is 0.592. The number of carbonyl (C=O) groups excluding carboxylic acids is 1. The number of aldehydes is 1. The number of rotatable bonds is 2. The number of nitrogens with zero attached hydrogens (tertiary/aromatic N) is 1. The molecule has 70 valence electrons. The lowest BCUT2D eigenvalue weighted by atomic mass is 10.1. The quantitative estimate of drug-likeness (QED) is 0.705. The first-order valence-electron chi connectivity index (χ1n) is 4.79. The molecule has 0 saturated heterocycles. The second-order valence-electron chi connectivity index (χ2n) is 3.96. The molecule has 2 atom stereocenters. The lowest BCUT2D eigenvalue weighted by molar-refractivity contribution is 0.111. The van der Waals surface area contributed by atoms with Gasteiger partial charge in [0.05, 0.1) is 11.9 Å². The summed E-state index contributed by atoms with van der Waals surface area (Å²) >= 11 is 0. The third kappa shape index (κ3) is 1.64. The van der Waals surface area contributed by atoms with E-state index in [-0.39, 0.29) is 0 Å². The minimum absolute atomic E-state index is 0.545. The molecule has 1 saturated carbocycles. The topological polar surface area (TPSA) is 45.8 Å². The van der Waals surface area contributed by atoms with Crippen molar-refractivity contribution in [2.75, 3.05) is 0 Å². The van der Waals surface area contributed by atoms with Crippen LogP contribution in [0.2, 0.25) is 0 Å². The highest BCUT2D eigenvalue weighted by Gasteiger charge is 2.24. The van der Waals surface area contributed by atoms with Crippen LogP contribution >= 0.6 is 0 Å². The van der Waals surface area contributed by atoms with Crippen molar-refractivity contribution >= 4 is 6.29 Å². The molecule has 0 aromatic carbocycles. The summed E-state index contributed by atoms with van der Waals surface area (Å²) in [5.74, 6) is 2.34. The predicted octanol–water partition coefficient (Wildman–Crippen LogP) is 2.13. The van der Waals surface area contributed by atoms with E-state index in [1.807, 2.05) is 0 Å². The molecule has 0 aliphatic heterocycles. The zero-order valence-corrected chi connectivity index (χ0v) is 7.79. The van der Waals surface area contributed by atoms with Crippen LogP contribution in [0.4, 0.5) is 0 Å². The highest BCUT2D eigenvalue weighted by atomic mass is 16.1. The number of carbonyl (C=O) groups is 1. The zero-order chi connectivity index (χ0) is 9.26. The zero-order valence-electron chi connectivity index (χ0n) is 7.79. The molecule has 1 fully saturated rings. The van der Waals surface area contributed by atoms with Crippen LogP contribution in [0, 0.1) is 5.92 Å². The standard InChI is InChI=1S/C10H14N2O/c1-7-2-3-8(4-7)10-11-5-9(6-13)12-10/h5-8H,2-4H2,1H3,(H,11,12). The molecule has 1 heterocycles. The smallest absolute Gasteiger partial charge is 0.167 e. The average Bonchev–Trinajstić information content (AvgIpc) is 2.71. The highest BCUT2D eigenvalue weighted by Crippen LogP contribution is 2.36. The molecule has 0 bridgehead atoms. The molecular formula is C10H14N2O. The molecule has 1 aromatic rings. The Bertz CT molecular complexity index is 306. The number of aromatic nitrogens is 2. The van der Waals surface area contributed by atoms with Crippen molar-refractivity contribution in [3.63, 3.8) is 0 Å². The van der Waals surface area contributed by atoms with Gasteiger partial charge >= 0.3 is 0 Å². The molecule has 1 N–H and O–H groups in total. The van der Waals surface area contributed by atoms with Crippen LogP contribution < -0.4 is 0 Å². The van der Waals surface area contributed by atoms with Gasteiger partial charge in [-0.2, -0.15) is 0 Å². The Balaban J connectivity index is 2.12. The Labute approximate surface area is 77.6 Å². The summed E-state index contributed by atoms with van der Waals surface area (Å²) in [6.07, 6.45) is 6.11. The number of aromatic amines is 1. The van der Waals surface area contributed by atoms with E-state index in [1.54, 1.807) is 6.20 Å². The maximum absolute atomic E-state index is 10.4. The van der Waals surface area contributed by atoms with Gasteiger partial charge in [-0.05, 0) is 25.2 Å². The van der Waals surface area contributed by atoms with E-state index >= 15 is 0 Å². The van der Waals surface area contributed by atoms with Crippen molar-refractivity contribution in [2.24, 2.45) is 5.92 Å². The van der Waals surface area contributed by atoms with Gasteiger partial charge in [-0.1, -0.05) is 6.92 Å². The average molecular weight is 178 g/mol. The maximum Gasteiger partial charge on any atom is 0.167 e. The summed E-state index contributed by atoms with van der Waals surface area (Å²) in [7, 11) is 0. The van der Waals surface area contributed by atoms with Gasteiger partial charge in [0.2, 0.25) is 0 Å². The number of nitrogens with one attached hydrogen (secondary N) is 1. The van der Waals surface area contributed by atoms with Crippen LogP contribution in [-0.4, -0.2) is 16.3 Å². The third-order valence-corrected chi connectivity index (χ3v) is 2.82. The van der Waals surface area contributed by atoms with Gasteiger partial charge < -0.3 is 4.98 Å². The molecule has 3 nitrogen and oxygen atoms in total. The Kier molecular flexibility index (Phi) is 2.17. The van der Waals surface area contributed by atoms with Crippen molar-refractivity contribution < 1.29 is 4.79 Å². The maximum atomic E-state index is 10.4. The second kappa shape index (κ2) is 3.32. The van der Waals surface area contributed by atoms with E-state index < -0.39 is 0 Å². The first-order chi connectivity index (χ1) is 6.29. The van der Waals surface area contributed by atoms with Gasteiger partial charge in [0.15, 0.2) is 6.29 Å². The molecule has 0 spiro atoms. The molecule has 1 aliphatic carbocycles. The Hall–Kier alpha value is -1.12. The SMILES string of the molecule is CC1CCC(c2ncc(C=O)[nH]2)C1. The summed E-state index contributed by atoms with van der Waals surface area (Å²) in [4.78, 5) is 17.7. The van der Waals surface area contributed by atoms with Crippen LogP contribution in [0.5, 0.6) is 0 Å². The van der Waals surface area contributed by atoms with Crippen LogP contribution in [0.25, 0.3) is 0 Å². The van der Waals surface area contributed by atoms with Crippen molar-refractivity contribution in [3.05, 3.63) is 17.7 Å². The van der Waals surface area contributed by atoms with E-state index in [0.29, 0.717) is 11.6 Å². The van der Waals surface area contributed by atoms with Crippen LogP contribution in [0.1, 0.15) is 48.4 Å². The van der Waals surface area contributed by atoms with E-state index in [1.165, 1.54) is 19.3 Å². The van der Waals surface area contributed by atoms with Gasteiger partial charge in [-0.15, -0.1) is 0 Å². The molecule has 0 amide bonds. The molecule has 2 unspecified atom stereocenters. The highest BCUT2D eigenvalue weighted by molar-refractivity contribution is 5.71. The van der Waals surface area contributed by atoms with Crippen LogP contribution in [-0.2, 0) is 0 Å². The van der Waals surface area contributed by atoms with Gasteiger partial charge in [0.25, 0.3) is 0 Å². The number of H-pyrrole nitrogens is 1. The van der Waals surface area contributed by atoms with Gasteiger partial charge in [0, 0.05) is 5.92 Å². The second-order valence-corrected chi connectivity index (χ2v) is 3.96. The number of hydrogen-bond acceptors (Lipinski definition) is 2. The minimum atomic E-state index is 0.545. The predicted molar refractivity (Wildman–Crippen MR) is 49.7 cm³/mol. The molecule has 1 aromatic heterocycles. The number of imidazole rings is 1. The minimum Gasteiger partial charge on any atom is -0.340 e.